The second-order valence-corrected chi connectivity index (χ2v) is 2.72. The monoisotopic (exact) mass is 214 g/mol. The number of hydrogen-bond acceptors (Lipinski definition) is 2. The van der Waals surface area contributed by atoms with Crippen molar-refractivity contribution in [3.63, 3.8) is 0 Å². The van der Waals surface area contributed by atoms with Gasteiger partial charge in [0, 0.05) is 13.0 Å². The van der Waals surface area contributed by atoms with Crippen molar-refractivity contribution in [2.24, 2.45) is 0 Å². The Morgan fingerprint density at radius 2 is 1.83 bits per heavy atom. The fourth-order valence-electron chi connectivity index (χ4n) is 1.25. The van der Waals surface area contributed by atoms with Crippen molar-refractivity contribution in [2.45, 2.75) is 25.8 Å². The van der Waals surface area contributed by atoms with Crippen molar-refractivity contribution in [3.05, 3.63) is 0 Å². The van der Waals surface area contributed by atoms with Gasteiger partial charge in [0.15, 0.2) is 0 Å². The Balaban J connectivity index is 0. The summed E-state index contributed by atoms with van der Waals surface area (Å²) >= 11 is 0. The topological polar surface area (TPSA) is 41.1 Å². The third-order valence-electron chi connectivity index (χ3n) is 1.75. The molecule has 1 amide bonds. The Bertz CT molecular complexity index is 127. The molecule has 0 unspecified atom stereocenters. The maximum atomic E-state index is 10.6. The maximum Gasteiger partial charge on any atom is 0.217 e. The van der Waals surface area contributed by atoms with Crippen LogP contribution in [0.15, 0.2) is 0 Å². The normalized spacial score (nSPS) is 17.1. The summed E-state index contributed by atoms with van der Waals surface area (Å²) in [6, 6.07) is 0.416. The van der Waals surface area contributed by atoms with Crippen LogP contribution < -0.4 is 10.6 Å². The van der Waals surface area contributed by atoms with E-state index in [1.165, 1.54) is 0 Å². The molecule has 0 aromatic carbocycles. The Labute approximate surface area is 85.5 Å². The highest BCUT2D eigenvalue weighted by Crippen LogP contribution is 2.00. The van der Waals surface area contributed by atoms with Crippen LogP contribution in [-0.2, 0) is 4.79 Å². The zero-order valence-corrected chi connectivity index (χ0v) is 8.76. The molecule has 1 fully saturated rings. The van der Waals surface area contributed by atoms with Gasteiger partial charge in [-0.3, -0.25) is 4.79 Å². The smallest absolute Gasteiger partial charge is 0.217 e. The minimum absolute atomic E-state index is 0. The average molecular weight is 215 g/mol. The summed E-state index contributed by atoms with van der Waals surface area (Å²) in [5, 5.41) is 6.14. The second-order valence-electron chi connectivity index (χ2n) is 2.72. The first-order chi connectivity index (χ1) is 4.79. The van der Waals surface area contributed by atoms with Gasteiger partial charge in [-0.1, -0.05) is 0 Å². The van der Waals surface area contributed by atoms with Crippen molar-refractivity contribution < 1.29 is 4.79 Å². The molecule has 5 heteroatoms. The van der Waals surface area contributed by atoms with Gasteiger partial charge in [0.1, 0.15) is 0 Å². The highest BCUT2D eigenvalue weighted by Gasteiger charge is 2.12. The van der Waals surface area contributed by atoms with Gasteiger partial charge in [0.05, 0.1) is 0 Å². The molecule has 1 aliphatic rings. The predicted octanol–water partition coefficient (Wildman–Crippen LogP) is 0.718. The van der Waals surface area contributed by atoms with Crippen LogP contribution in [0.3, 0.4) is 0 Å². The highest BCUT2D eigenvalue weighted by molar-refractivity contribution is 5.85. The molecule has 0 saturated carbocycles. The molecule has 0 aliphatic carbocycles. The number of halogens is 2. The summed E-state index contributed by atoms with van der Waals surface area (Å²) in [7, 11) is 0. The predicted molar refractivity (Wildman–Crippen MR) is 54.2 cm³/mol. The summed E-state index contributed by atoms with van der Waals surface area (Å²) < 4.78 is 0. The van der Waals surface area contributed by atoms with E-state index in [4.69, 9.17) is 0 Å². The number of carbonyl (C=O) groups excluding carboxylic acids is 1. The molecule has 0 spiro atoms. The summed E-state index contributed by atoms with van der Waals surface area (Å²) in [6.07, 6.45) is 2.14. The van der Waals surface area contributed by atoms with Gasteiger partial charge in [-0.05, 0) is 25.9 Å². The zero-order chi connectivity index (χ0) is 7.40. The minimum Gasteiger partial charge on any atom is -0.354 e. The summed E-state index contributed by atoms with van der Waals surface area (Å²) in [6.45, 7) is 3.64. The van der Waals surface area contributed by atoms with Crippen LogP contribution >= 0.6 is 24.8 Å². The standard InChI is InChI=1S/C7H14N2O.2ClH/c1-6(10)9-7-2-4-8-5-3-7;;/h7-8H,2-5H2,1H3,(H,9,10);2*1H. The molecule has 1 saturated heterocycles. The summed E-state index contributed by atoms with van der Waals surface area (Å²) in [5.74, 6) is 0.0897. The molecule has 0 bridgehead atoms. The molecule has 0 atom stereocenters. The molecular formula is C7H16Cl2N2O. The Morgan fingerprint density at radius 1 is 1.33 bits per heavy atom. The van der Waals surface area contributed by atoms with Crippen LogP contribution in [0, 0.1) is 0 Å². The van der Waals surface area contributed by atoms with Gasteiger partial charge in [-0.15, -0.1) is 24.8 Å². The van der Waals surface area contributed by atoms with E-state index in [0.29, 0.717) is 6.04 Å². The van der Waals surface area contributed by atoms with Gasteiger partial charge in [-0.25, -0.2) is 0 Å². The lowest BCUT2D eigenvalue weighted by atomic mass is 10.1. The van der Waals surface area contributed by atoms with Crippen LogP contribution in [0.1, 0.15) is 19.8 Å². The molecular weight excluding hydrogens is 199 g/mol. The number of hydrogen-bond donors (Lipinski definition) is 2. The maximum absolute atomic E-state index is 10.6. The largest absolute Gasteiger partial charge is 0.354 e. The van der Waals surface area contributed by atoms with E-state index in [-0.39, 0.29) is 30.7 Å². The van der Waals surface area contributed by atoms with Gasteiger partial charge in [-0.2, -0.15) is 0 Å². The Morgan fingerprint density at radius 3 is 2.25 bits per heavy atom. The molecule has 74 valence electrons. The highest BCUT2D eigenvalue weighted by atomic mass is 35.5. The first-order valence-electron chi connectivity index (χ1n) is 3.77. The van der Waals surface area contributed by atoms with E-state index in [2.05, 4.69) is 10.6 Å². The fraction of sp³-hybridized carbons (Fsp3) is 0.857. The quantitative estimate of drug-likeness (QED) is 0.676. The van der Waals surface area contributed by atoms with E-state index in [0.717, 1.165) is 25.9 Å². The van der Waals surface area contributed by atoms with E-state index in [9.17, 15) is 4.79 Å². The molecule has 2 N–H and O–H groups in total. The van der Waals surface area contributed by atoms with Crippen LogP contribution in [0.5, 0.6) is 0 Å². The van der Waals surface area contributed by atoms with Gasteiger partial charge >= 0.3 is 0 Å². The third-order valence-corrected chi connectivity index (χ3v) is 1.75. The van der Waals surface area contributed by atoms with Crippen molar-refractivity contribution >= 4 is 30.7 Å². The zero-order valence-electron chi connectivity index (χ0n) is 7.13. The van der Waals surface area contributed by atoms with Gasteiger partial charge in [0.25, 0.3) is 0 Å². The third kappa shape index (κ3) is 5.63. The molecule has 0 aromatic rings. The lowest BCUT2D eigenvalue weighted by Gasteiger charge is -2.22. The number of piperidine rings is 1. The first-order valence-corrected chi connectivity index (χ1v) is 3.77. The Kier molecular flexibility index (Phi) is 9.26. The first kappa shape index (κ1) is 14.5. The van der Waals surface area contributed by atoms with E-state index in [1.54, 1.807) is 6.92 Å². The number of amides is 1. The van der Waals surface area contributed by atoms with Crippen LogP contribution in [-0.4, -0.2) is 25.0 Å². The van der Waals surface area contributed by atoms with Crippen molar-refractivity contribution in [2.75, 3.05) is 13.1 Å². The van der Waals surface area contributed by atoms with Crippen molar-refractivity contribution in [1.82, 2.24) is 10.6 Å². The molecule has 1 aliphatic heterocycles. The number of rotatable bonds is 1. The molecule has 12 heavy (non-hydrogen) atoms. The van der Waals surface area contributed by atoms with Gasteiger partial charge in [0.2, 0.25) is 5.91 Å². The number of nitrogens with one attached hydrogen (secondary N) is 2. The lowest BCUT2D eigenvalue weighted by Crippen LogP contribution is -2.41. The lowest BCUT2D eigenvalue weighted by molar-refractivity contribution is -0.119. The van der Waals surface area contributed by atoms with Crippen LogP contribution in [0.25, 0.3) is 0 Å². The Hall–Kier alpha value is 0.01000. The molecule has 3 nitrogen and oxygen atoms in total. The molecule has 0 aromatic heterocycles. The van der Waals surface area contributed by atoms with Crippen LogP contribution in [0.2, 0.25) is 0 Å². The number of carbonyl (C=O) groups is 1. The fourth-order valence-corrected chi connectivity index (χ4v) is 1.25. The minimum atomic E-state index is 0. The van der Waals surface area contributed by atoms with E-state index < -0.39 is 0 Å². The SMILES string of the molecule is CC(=O)NC1CCNCC1.Cl.Cl. The summed E-state index contributed by atoms with van der Waals surface area (Å²) in [4.78, 5) is 10.6. The van der Waals surface area contributed by atoms with Crippen molar-refractivity contribution in [1.29, 1.82) is 0 Å². The molecule has 1 heterocycles. The van der Waals surface area contributed by atoms with Crippen LogP contribution in [0.4, 0.5) is 0 Å². The second kappa shape index (κ2) is 7.65. The molecule has 1 rings (SSSR count). The van der Waals surface area contributed by atoms with Gasteiger partial charge < -0.3 is 10.6 Å². The van der Waals surface area contributed by atoms with Crippen molar-refractivity contribution in [3.8, 4) is 0 Å². The molecule has 0 radical (unpaired) electrons. The van der Waals surface area contributed by atoms with E-state index >= 15 is 0 Å². The average Bonchev–Trinajstić information content (AvgIpc) is 1.88. The van der Waals surface area contributed by atoms with E-state index in [1.807, 2.05) is 0 Å². The summed E-state index contributed by atoms with van der Waals surface area (Å²) in [5.41, 5.74) is 0.